The smallest absolute Gasteiger partial charge is 0.258 e. The second-order valence-corrected chi connectivity index (χ2v) is 5.49. The zero-order chi connectivity index (χ0) is 13.2. The number of H-pyrrole nitrogens is 1. The Kier molecular flexibility index (Phi) is 3.34. The minimum atomic E-state index is -0.0366. The van der Waals surface area contributed by atoms with E-state index < -0.39 is 0 Å². The van der Waals surface area contributed by atoms with Crippen LogP contribution in [0.1, 0.15) is 18.7 Å². The fraction of sp³-hybridized carbons (Fsp3) is 0.467. The van der Waals surface area contributed by atoms with Crippen LogP contribution in [0.25, 0.3) is 10.9 Å². The van der Waals surface area contributed by atoms with Gasteiger partial charge < -0.3 is 9.88 Å². The Balaban J connectivity index is 1.71. The van der Waals surface area contributed by atoms with E-state index in [1.807, 2.05) is 24.3 Å². The van der Waals surface area contributed by atoms with E-state index in [1.165, 1.54) is 12.8 Å². The lowest BCUT2D eigenvalue weighted by Gasteiger charge is -2.15. The average molecular weight is 257 g/mol. The highest BCUT2D eigenvalue weighted by molar-refractivity contribution is 5.77. The molecule has 4 nitrogen and oxygen atoms in total. The third kappa shape index (κ3) is 3.01. The Morgan fingerprint density at radius 3 is 2.95 bits per heavy atom. The van der Waals surface area contributed by atoms with Crippen molar-refractivity contribution in [3.8, 4) is 0 Å². The number of nitrogens with zero attached hydrogens (tertiary/aromatic N) is 2. The van der Waals surface area contributed by atoms with Crippen molar-refractivity contribution in [1.29, 1.82) is 0 Å². The molecule has 0 bridgehead atoms. The van der Waals surface area contributed by atoms with E-state index in [0.717, 1.165) is 36.8 Å². The molecule has 2 aromatic rings. The topological polar surface area (TPSA) is 49.0 Å². The molecule has 0 unspecified atom stereocenters. The lowest BCUT2D eigenvalue weighted by Crippen LogP contribution is -2.25. The predicted molar refractivity (Wildman–Crippen MR) is 76.3 cm³/mol. The van der Waals surface area contributed by atoms with Crippen LogP contribution < -0.4 is 5.56 Å². The molecule has 1 heterocycles. The van der Waals surface area contributed by atoms with Gasteiger partial charge >= 0.3 is 0 Å². The number of para-hydroxylation sites is 1. The average Bonchev–Trinajstić information content (AvgIpc) is 3.20. The number of hydrogen-bond acceptors (Lipinski definition) is 3. The number of hydrogen-bond donors (Lipinski definition) is 1. The number of rotatable bonds is 5. The van der Waals surface area contributed by atoms with E-state index in [2.05, 4.69) is 21.9 Å². The van der Waals surface area contributed by atoms with Crippen LogP contribution in [0.4, 0.5) is 0 Å². The summed E-state index contributed by atoms with van der Waals surface area (Å²) in [4.78, 5) is 21.7. The molecular formula is C15H19N3O. The van der Waals surface area contributed by atoms with Gasteiger partial charge in [0.2, 0.25) is 0 Å². The maximum absolute atomic E-state index is 11.9. The van der Waals surface area contributed by atoms with Crippen LogP contribution >= 0.6 is 0 Å². The molecule has 1 N–H and O–H groups in total. The first-order valence-electron chi connectivity index (χ1n) is 6.89. The zero-order valence-corrected chi connectivity index (χ0v) is 11.2. The summed E-state index contributed by atoms with van der Waals surface area (Å²) in [6, 6.07) is 7.48. The molecule has 3 rings (SSSR count). The quantitative estimate of drug-likeness (QED) is 0.888. The molecule has 1 aliphatic carbocycles. The maximum Gasteiger partial charge on any atom is 0.258 e. The van der Waals surface area contributed by atoms with Crippen molar-refractivity contribution in [1.82, 2.24) is 14.9 Å². The van der Waals surface area contributed by atoms with Crippen LogP contribution in [0.15, 0.2) is 29.1 Å². The van der Waals surface area contributed by atoms with E-state index in [1.54, 1.807) is 0 Å². The van der Waals surface area contributed by atoms with Gasteiger partial charge in [-0.15, -0.1) is 0 Å². The van der Waals surface area contributed by atoms with Crippen LogP contribution in [0.5, 0.6) is 0 Å². The van der Waals surface area contributed by atoms with Gasteiger partial charge in [-0.1, -0.05) is 12.1 Å². The molecule has 0 atom stereocenters. The van der Waals surface area contributed by atoms with Gasteiger partial charge in [-0.3, -0.25) is 4.79 Å². The molecular weight excluding hydrogens is 238 g/mol. The first kappa shape index (κ1) is 12.4. The van der Waals surface area contributed by atoms with E-state index in [-0.39, 0.29) is 5.56 Å². The zero-order valence-electron chi connectivity index (χ0n) is 11.2. The Morgan fingerprint density at radius 1 is 1.37 bits per heavy atom. The van der Waals surface area contributed by atoms with Crippen LogP contribution in [0, 0.1) is 5.92 Å². The van der Waals surface area contributed by atoms with Gasteiger partial charge in [0.15, 0.2) is 0 Å². The van der Waals surface area contributed by atoms with Crippen molar-refractivity contribution in [2.24, 2.45) is 5.92 Å². The first-order chi connectivity index (χ1) is 9.22. The summed E-state index contributed by atoms with van der Waals surface area (Å²) in [5.41, 5.74) is 0.747. The summed E-state index contributed by atoms with van der Waals surface area (Å²) in [5, 5.41) is 0.664. The van der Waals surface area contributed by atoms with E-state index >= 15 is 0 Å². The van der Waals surface area contributed by atoms with Crippen LogP contribution in [0.3, 0.4) is 0 Å². The van der Waals surface area contributed by atoms with Crippen LogP contribution in [-0.4, -0.2) is 35.0 Å². The molecule has 1 aromatic carbocycles. The molecule has 0 aliphatic heterocycles. The number of aromatic nitrogens is 2. The van der Waals surface area contributed by atoms with Gasteiger partial charge in [-0.05, 0) is 37.9 Å². The number of benzene rings is 1. The minimum Gasteiger partial charge on any atom is -0.310 e. The molecule has 0 spiro atoms. The van der Waals surface area contributed by atoms with Crippen molar-refractivity contribution in [3.63, 3.8) is 0 Å². The molecule has 19 heavy (non-hydrogen) atoms. The molecule has 0 radical (unpaired) electrons. The van der Waals surface area contributed by atoms with Gasteiger partial charge in [-0.2, -0.15) is 0 Å². The monoisotopic (exact) mass is 257 g/mol. The minimum absolute atomic E-state index is 0.0366. The lowest BCUT2D eigenvalue weighted by molar-refractivity contribution is 0.322. The van der Waals surface area contributed by atoms with Gasteiger partial charge in [0.1, 0.15) is 5.82 Å². The first-order valence-corrected chi connectivity index (χ1v) is 6.89. The number of aromatic amines is 1. The number of nitrogens with one attached hydrogen (secondary N) is 1. The summed E-state index contributed by atoms with van der Waals surface area (Å²) < 4.78 is 0. The van der Waals surface area contributed by atoms with Crippen LogP contribution in [0.2, 0.25) is 0 Å². The van der Waals surface area contributed by atoms with Gasteiger partial charge in [0.25, 0.3) is 5.56 Å². The molecule has 1 saturated carbocycles. The highest BCUT2D eigenvalue weighted by atomic mass is 16.1. The van der Waals surface area contributed by atoms with E-state index in [9.17, 15) is 4.79 Å². The van der Waals surface area contributed by atoms with Crippen molar-refractivity contribution in [3.05, 3.63) is 40.4 Å². The second-order valence-electron chi connectivity index (χ2n) is 5.49. The molecule has 0 amide bonds. The Morgan fingerprint density at radius 2 is 2.16 bits per heavy atom. The SMILES string of the molecule is CN(CCc1nc2ccccc2c(=O)[nH]1)CC1CC1. The Hall–Kier alpha value is -1.68. The largest absolute Gasteiger partial charge is 0.310 e. The standard InChI is InChI=1S/C15H19N3O/c1-18(10-11-6-7-11)9-8-14-16-13-5-3-2-4-12(13)15(19)17-14/h2-5,11H,6-10H2,1H3,(H,16,17,19). The summed E-state index contributed by atoms with van der Waals surface area (Å²) in [5.74, 6) is 1.68. The highest BCUT2D eigenvalue weighted by Gasteiger charge is 2.22. The van der Waals surface area contributed by atoms with Gasteiger partial charge in [0.05, 0.1) is 10.9 Å². The summed E-state index contributed by atoms with van der Waals surface area (Å²) in [7, 11) is 2.14. The van der Waals surface area contributed by atoms with Crippen molar-refractivity contribution in [2.45, 2.75) is 19.3 Å². The lowest BCUT2D eigenvalue weighted by atomic mass is 10.2. The van der Waals surface area contributed by atoms with Gasteiger partial charge in [-0.25, -0.2) is 4.98 Å². The summed E-state index contributed by atoms with van der Waals surface area (Å²) >= 11 is 0. The molecule has 0 saturated heterocycles. The van der Waals surface area contributed by atoms with E-state index in [0.29, 0.717) is 5.39 Å². The molecule has 1 fully saturated rings. The second kappa shape index (κ2) is 5.13. The van der Waals surface area contributed by atoms with Crippen molar-refractivity contribution >= 4 is 10.9 Å². The predicted octanol–water partition coefficient (Wildman–Crippen LogP) is 1.81. The fourth-order valence-electron chi connectivity index (χ4n) is 2.38. The molecule has 1 aromatic heterocycles. The third-order valence-corrected chi connectivity index (χ3v) is 3.66. The van der Waals surface area contributed by atoms with E-state index in [4.69, 9.17) is 0 Å². The summed E-state index contributed by atoms with van der Waals surface area (Å²) in [6.45, 7) is 2.11. The third-order valence-electron chi connectivity index (χ3n) is 3.66. The molecule has 100 valence electrons. The Bertz CT molecular complexity index is 631. The Labute approximate surface area is 112 Å². The fourth-order valence-corrected chi connectivity index (χ4v) is 2.38. The summed E-state index contributed by atoms with van der Waals surface area (Å²) in [6.07, 6.45) is 3.54. The van der Waals surface area contributed by atoms with Crippen molar-refractivity contribution in [2.75, 3.05) is 20.1 Å². The number of fused-ring (bicyclic) bond motifs is 1. The van der Waals surface area contributed by atoms with Crippen LogP contribution in [-0.2, 0) is 6.42 Å². The van der Waals surface area contributed by atoms with Crippen molar-refractivity contribution < 1.29 is 0 Å². The number of likely N-dealkylation sites (N-methyl/N-ethyl adjacent to an activating group) is 1. The van der Waals surface area contributed by atoms with Gasteiger partial charge in [0, 0.05) is 19.5 Å². The highest BCUT2D eigenvalue weighted by Crippen LogP contribution is 2.29. The molecule has 4 heteroatoms. The normalized spacial score (nSPS) is 15.3. The maximum atomic E-state index is 11.9. The molecule has 1 aliphatic rings.